The van der Waals surface area contributed by atoms with Crippen LogP contribution in [-0.4, -0.2) is 11.2 Å². The van der Waals surface area contributed by atoms with E-state index in [4.69, 9.17) is 5.73 Å². The lowest BCUT2D eigenvalue weighted by Gasteiger charge is -2.05. The molecule has 1 aromatic heterocycles. The predicted molar refractivity (Wildman–Crippen MR) is 41.9 cm³/mol. The van der Waals surface area contributed by atoms with Gasteiger partial charge in [-0.25, -0.2) is 0 Å². The second-order valence-electron chi connectivity index (χ2n) is 2.65. The number of nitrogens with two attached hydrogens (primary N) is 1. The van der Waals surface area contributed by atoms with E-state index in [0.29, 0.717) is 5.69 Å². The van der Waals surface area contributed by atoms with Crippen LogP contribution in [0, 0.1) is 0 Å². The number of halogens is 3. The normalized spacial score (nSPS) is 11.7. The molecule has 0 saturated carbocycles. The molecule has 0 aromatic carbocycles. The van der Waals surface area contributed by atoms with Crippen LogP contribution in [0.15, 0.2) is 18.3 Å². The van der Waals surface area contributed by atoms with Crippen molar-refractivity contribution in [2.24, 2.45) is 5.73 Å². The highest BCUT2D eigenvalue weighted by Crippen LogP contribution is 2.20. The van der Waals surface area contributed by atoms with Crippen LogP contribution in [0.3, 0.4) is 0 Å². The molecule has 0 bridgehead atoms. The van der Waals surface area contributed by atoms with Gasteiger partial charge < -0.3 is 5.73 Å². The summed E-state index contributed by atoms with van der Waals surface area (Å²) in [6.45, 7) is 0.242. The van der Waals surface area contributed by atoms with Crippen molar-refractivity contribution < 1.29 is 13.2 Å². The molecule has 0 aliphatic rings. The van der Waals surface area contributed by atoms with Crippen molar-refractivity contribution in [1.82, 2.24) is 4.98 Å². The molecule has 0 aliphatic heterocycles. The van der Waals surface area contributed by atoms with E-state index in [1.54, 1.807) is 0 Å². The fraction of sp³-hybridized carbons (Fsp3) is 0.375. The van der Waals surface area contributed by atoms with E-state index >= 15 is 0 Å². The Balaban J connectivity index is 2.70. The van der Waals surface area contributed by atoms with Gasteiger partial charge in [-0.1, -0.05) is 6.07 Å². The summed E-state index contributed by atoms with van der Waals surface area (Å²) in [5.74, 6) is 0. The van der Waals surface area contributed by atoms with E-state index in [0.717, 1.165) is 0 Å². The largest absolute Gasteiger partial charge is 0.393 e. The van der Waals surface area contributed by atoms with Crippen LogP contribution in [-0.2, 0) is 13.0 Å². The second-order valence-corrected chi connectivity index (χ2v) is 2.65. The van der Waals surface area contributed by atoms with Gasteiger partial charge >= 0.3 is 6.18 Å². The molecule has 2 nitrogen and oxygen atoms in total. The van der Waals surface area contributed by atoms with Gasteiger partial charge in [0.2, 0.25) is 0 Å². The number of pyridine rings is 1. The number of hydrogen-bond donors (Lipinski definition) is 1. The molecule has 0 fully saturated rings. The minimum Gasteiger partial charge on any atom is -0.325 e. The van der Waals surface area contributed by atoms with Crippen molar-refractivity contribution in [2.75, 3.05) is 0 Å². The molecular weight excluding hydrogens is 181 g/mol. The van der Waals surface area contributed by atoms with E-state index in [1.165, 1.54) is 18.3 Å². The Labute approximate surface area is 73.6 Å². The van der Waals surface area contributed by atoms with Crippen molar-refractivity contribution in [2.45, 2.75) is 19.1 Å². The molecule has 1 rings (SSSR count). The van der Waals surface area contributed by atoms with E-state index < -0.39 is 12.6 Å². The van der Waals surface area contributed by atoms with Crippen molar-refractivity contribution in [3.8, 4) is 0 Å². The molecule has 72 valence electrons. The first-order valence-electron chi connectivity index (χ1n) is 3.72. The predicted octanol–water partition coefficient (Wildman–Crippen LogP) is 1.65. The zero-order valence-electron chi connectivity index (χ0n) is 6.80. The van der Waals surface area contributed by atoms with Crippen molar-refractivity contribution >= 4 is 0 Å². The Morgan fingerprint density at radius 2 is 2.00 bits per heavy atom. The standard InChI is InChI=1S/C8H9F3N2/c9-8(10,11)3-6-1-2-7(4-12)13-5-6/h1-2,5H,3-4,12H2. The van der Waals surface area contributed by atoms with Crippen LogP contribution in [0.5, 0.6) is 0 Å². The summed E-state index contributed by atoms with van der Waals surface area (Å²) >= 11 is 0. The first-order valence-corrected chi connectivity index (χ1v) is 3.72. The Hall–Kier alpha value is -1.10. The highest BCUT2D eigenvalue weighted by Gasteiger charge is 2.27. The molecule has 0 amide bonds. The van der Waals surface area contributed by atoms with E-state index in [-0.39, 0.29) is 12.1 Å². The fourth-order valence-electron chi connectivity index (χ4n) is 0.912. The van der Waals surface area contributed by atoms with Crippen molar-refractivity contribution in [3.05, 3.63) is 29.6 Å². The molecule has 1 aromatic rings. The number of aromatic nitrogens is 1. The molecule has 0 saturated heterocycles. The fourth-order valence-corrected chi connectivity index (χ4v) is 0.912. The van der Waals surface area contributed by atoms with Gasteiger partial charge in [0.05, 0.1) is 12.1 Å². The first kappa shape index (κ1) is 9.98. The maximum absolute atomic E-state index is 11.9. The van der Waals surface area contributed by atoms with Crippen LogP contribution in [0.4, 0.5) is 13.2 Å². The smallest absolute Gasteiger partial charge is 0.325 e. The summed E-state index contributed by atoms with van der Waals surface area (Å²) in [6.07, 6.45) is -3.91. The average Bonchev–Trinajstić information content (AvgIpc) is 2.03. The maximum Gasteiger partial charge on any atom is 0.393 e. The van der Waals surface area contributed by atoms with Gasteiger partial charge in [0, 0.05) is 12.7 Å². The molecule has 0 unspecified atom stereocenters. The summed E-state index contributed by atoms with van der Waals surface area (Å²) in [5, 5.41) is 0. The molecule has 5 heteroatoms. The molecule has 2 N–H and O–H groups in total. The van der Waals surface area contributed by atoms with Crippen LogP contribution < -0.4 is 5.73 Å². The van der Waals surface area contributed by atoms with E-state index in [1.807, 2.05) is 0 Å². The molecule has 1 heterocycles. The zero-order chi connectivity index (χ0) is 9.90. The summed E-state index contributed by atoms with van der Waals surface area (Å²) in [5.41, 5.74) is 5.99. The summed E-state index contributed by atoms with van der Waals surface area (Å²) in [7, 11) is 0. The van der Waals surface area contributed by atoms with Gasteiger partial charge in [-0.2, -0.15) is 13.2 Å². The quantitative estimate of drug-likeness (QED) is 0.770. The lowest BCUT2D eigenvalue weighted by molar-refractivity contribution is -0.127. The van der Waals surface area contributed by atoms with Crippen molar-refractivity contribution in [3.63, 3.8) is 0 Å². The lowest BCUT2D eigenvalue weighted by Crippen LogP contribution is -2.12. The van der Waals surface area contributed by atoms with Crippen LogP contribution in [0.25, 0.3) is 0 Å². The maximum atomic E-state index is 11.9. The number of alkyl halides is 3. The van der Waals surface area contributed by atoms with Crippen molar-refractivity contribution in [1.29, 1.82) is 0 Å². The monoisotopic (exact) mass is 190 g/mol. The number of rotatable bonds is 2. The third-order valence-corrected chi connectivity index (χ3v) is 1.50. The first-order chi connectivity index (χ1) is 6.01. The summed E-state index contributed by atoms with van der Waals surface area (Å²) in [6, 6.07) is 2.89. The zero-order valence-corrected chi connectivity index (χ0v) is 6.80. The van der Waals surface area contributed by atoms with Gasteiger partial charge in [-0.3, -0.25) is 4.98 Å². The van der Waals surface area contributed by atoms with Crippen LogP contribution >= 0.6 is 0 Å². The summed E-state index contributed by atoms with van der Waals surface area (Å²) < 4.78 is 35.6. The van der Waals surface area contributed by atoms with Gasteiger partial charge in [0.15, 0.2) is 0 Å². The van der Waals surface area contributed by atoms with Gasteiger partial charge in [-0.05, 0) is 11.6 Å². The Morgan fingerprint density at radius 1 is 1.31 bits per heavy atom. The Kier molecular flexibility index (Phi) is 2.87. The van der Waals surface area contributed by atoms with Gasteiger partial charge in [0.25, 0.3) is 0 Å². The van der Waals surface area contributed by atoms with Gasteiger partial charge in [-0.15, -0.1) is 0 Å². The van der Waals surface area contributed by atoms with E-state index in [9.17, 15) is 13.2 Å². The lowest BCUT2D eigenvalue weighted by atomic mass is 10.2. The number of nitrogens with zero attached hydrogens (tertiary/aromatic N) is 1. The average molecular weight is 190 g/mol. The van der Waals surface area contributed by atoms with Gasteiger partial charge in [0.1, 0.15) is 0 Å². The summed E-state index contributed by atoms with van der Waals surface area (Å²) in [4.78, 5) is 3.76. The SMILES string of the molecule is NCc1ccc(CC(F)(F)F)cn1. The highest BCUT2D eigenvalue weighted by molar-refractivity contribution is 5.14. The topological polar surface area (TPSA) is 38.9 Å². The Morgan fingerprint density at radius 3 is 2.38 bits per heavy atom. The molecule has 13 heavy (non-hydrogen) atoms. The third kappa shape index (κ3) is 3.42. The second kappa shape index (κ2) is 3.74. The Bertz CT molecular complexity index is 266. The highest BCUT2D eigenvalue weighted by atomic mass is 19.4. The van der Waals surface area contributed by atoms with E-state index in [2.05, 4.69) is 4.98 Å². The molecular formula is C8H9F3N2. The minimum absolute atomic E-state index is 0.157. The molecule has 0 atom stereocenters. The molecule has 0 radical (unpaired) electrons. The number of hydrogen-bond acceptors (Lipinski definition) is 2. The minimum atomic E-state index is -4.17. The molecule has 0 aliphatic carbocycles. The third-order valence-electron chi connectivity index (χ3n) is 1.50. The van der Waals surface area contributed by atoms with Crippen LogP contribution in [0.2, 0.25) is 0 Å². The van der Waals surface area contributed by atoms with Crippen LogP contribution in [0.1, 0.15) is 11.3 Å². The molecule has 0 spiro atoms.